The van der Waals surface area contributed by atoms with Crippen LogP contribution < -0.4 is 19.5 Å². The van der Waals surface area contributed by atoms with Crippen molar-refractivity contribution in [2.75, 3.05) is 25.6 Å². The summed E-state index contributed by atoms with van der Waals surface area (Å²) in [6, 6.07) is 14.7. The van der Waals surface area contributed by atoms with Crippen molar-refractivity contribution in [3.05, 3.63) is 48.5 Å². The minimum Gasteiger partial charge on any atom is -0.493 e. The molecule has 0 saturated heterocycles. The average Bonchev–Trinajstić information content (AvgIpc) is 2.57. The van der Waals surface area contributed by atoms with E-state index in [0.717, 1.165) is 0 Å². The van der Waals surface area contributed by atoms with Gasteiger partial charge in [0.25, 0.3) is 0 Å². The first-order valence-electron chi connectivity index (χ1n) is 7.52. The van der Waals surface area contributed by atoms with Crippen molar-refractivity contribution in [2.45, 2.75) is 13.3 Å². The van der Waals surface area contributed by atoms with Gasteiger partial charge in [0.15, 0.2) is 11.5 Å². The lowest BCUT2D eigenvalue weighted by molar-refractivity contribution is -0.116. The summed E-state index contributed by atoms with van der Waals surface area (Å²) in [6.45, 7) is 2.71. The van der Waals surface area contributed by atoms with Gasteiger partial charge in [0, 0.05) is 0 Å². The minimum absolute atomic E-state index is 0.132. The van der Waals surface area contributed by atoms with E-state index in [-0.39, 0.29) is 18.9 Å². The summed E-state index contributed by atoms with van der Waals surface area (Å²) in [5, 5.41) is 2.84. The van der Waals surface area contributed by atoms with Gasteiger partial charge in [-0.2, -0.15) is 0 Å². The average molecular weight is 315 g/mol. The van der Waals surface area contributed by atoms with E-state index in [9.17, 15) is 4.79 Å². The fraction of sp³-hybridized carbons (Fsp3) is 0.278. The number of anilines is 1. The van der Waals surface area contributed by atoms with Gasteiger partial charge in [0.05, 0.1) is 32.4 Å². The van der Waals surface area contributed by atoms with Crippen LogP contribution in [0.3, 0.4) is 0 Å². The fourth-order valence-corrected chi connectivity index (χ4v) is 2.06. The number of carbonyl (C=O) groups is 1. The zero-order valence-corrected chi connectivity index (χ0v) is 13.4. The number of amides is 1. The molecule has 2 rings (SSSR count). The normalized spacial score (nSPS) is 10.0. The van der Waals surface area contributed by atoms with E-state index in [1.807, 2.05) is 49.4 Å². The molecular weight excluding hydrogens is 294 g/mol. The summed E-state index contributed by atoms with van der Waals surface area (Å²) >= 11 is 0. The highest BCUT2D eigenvalue weighted by Gasteiger charge is 2.08. The van der Waals surface area contributed by atoms with E-state index in [4.69, 9.17) is 14.2 Å². The Bertz CT molecular complexity index is 642. The second-order valence-electron chi connectivity index (χ2n) is 4.73. The molecule has 2 aromatic carbocycles. The highest BCUT2D eigenvalue weighted by Crippen LogP contribution is 2.26. The summed E-state index contributed by atoms with van der Waals surface area (Å²) in [4.78, 5) is 12.0. The highest BCUT2D eigenvalue weighted by atomic mass is 16.5. The first-order chi connectivity index (χ1) is 11.2. The van der Waals surface area contributed by atoms with Crippen molar-refractivity contribution < 1.29 is 19.0 Å². The van der Waals surface area contributed by atoms with Crippen LogP contribution in [0.15, 0.2) is 48.5 Å². The molecule has 2 aromatic rings. The van der Waals surface area contributed by atoms with Crippen LogP contribution in [0.4, 0.5) is 5.69 Å². The Balaban J connectivity index is 1.86. The third kappa shape index (κ3) is 4.92. The van der Waals surface area contributed by atoms with Gasteiger partial charge in [-0.3, -0.25) is 4.79 Å². The van der Waals surface area contributed by atoms with Gasteiger partial charge >= 0.3 is 0 Å². The second kappa shape index (κ2) is 8.68. The number of methoxy groups -OCH3 is 1. The van der Waals surface area contributed by atoms with Gasteiger partial charge in [0.2, 0.25) is 5.91 Å². The molecule has 0 aliphatic carbocycles. The molecule has 0 heterocycles. The zero-order chi connectivity index (χ0) is 16.5. The summed E-state index contributed by atoms with van der Waals surface area (Å²) < 4.78 is 16.3. The van der Waals surface area contributed by atoms with Gasteiger partial charge in [-0.25, -0.2) is 0 Å². The number of benzene rings is 2. The van der Waals surface area contributed by atoms with Crippen molar-refractivity contribution in [3.63, 3.8) is 0 Å². The number of carbonyl (C=O) groups excluding carboxylic acids is 1. The van der Waals surface area contributed by atoms with Crippen LogP contribution in [0.1, 0.15) is 13.3 Å². The maximum atomic E-state index is 12.0. The molecule has 0 saturated carbocycles. The van der Waals surface area contributed by atoms with E-state index in [0.29, 0.717) is 29.5 Å². The Morgan fingerprint density at radius 2 is 1.61 bits per heavy atom. The molecule has 0 bridgehead atoms. The van der Waals surface area contributed by atoms with E-state index in [1.54, 1.807) is 13.2 Å². The number of rotatable bonds is 8. The molecular formula is C18H21NO4. The minimum atomic E-state index is -0.132. The topological polar surface area (TPSA) is 56.8 Å². The number of nitrogens with one attached hydrogen (secondary N) is 1. The Kier molecular flexibility index (Phi) is 6.29. The van der Waals surface area contributed by atoms with Crippen LogP contribution in [0.25, 0.3) is 0 Å². The van der Waals surface area contributed by atoms with Gasteiger partial charge < -0.3 is 19.5 Å². The number of hydrogen-bond acceptors (Lipinski definition) is 4. The Hall–Kier alpha value is -2.69. The molecule has 1 N–H and O–H groups in total. The van der Waals surface area contributed by atoms with Crippen molar-refractivity contribution in [1.29, 1.82) is 0 Å². The van der Waals surface area contributed by atoms with Crippen molar-refractivity contribution in [2.24, 2.45) is 0 Å². The van der Waals surface area contributed by atoms with E-state index in [1.165, 1.54) is 0 Å². The molecule has 1 amide bonds. The smallest absolute Gasteiger partial charge is 0.227 e. The third-order valence-corrected chi connectivity index (χ3v) is 3.12. The van der Waals surface area contributed by atoms with Gasteiger partial charge in [-0.05, 0) is 31.2 Å². The lowest BCUT2D eigenvalue weighted by Crippen LogP contribution is -2.16. The SMILES string of the molecule is CCOc1ccccc1NC(=O)CCOc1ccccc1OC. The van der Waals surface area contributed by atoms with Gasteiger partial charge in [-0.1, -0.05) is 24.3 Å². The van der Waals surface area contributed by atoms with Crippen molar-refractivity contribution in [3.8, 4) is 17.2 Å². The summed E-state index contributed by atoms with van der Waals surface area (Å²) in [5.74, 6) is 1.80. The number of para-hydroxylation sites is 4. The molecule has 0 radical (unpaired) electrons. The predicted octanol–water partition coefficient (Wildman–Crippen LogP) is 3.50. The van der Waals surface area contributed by atoms with E-state index < -0.39 is 0 Å². The lowest BCUT2D eigenvalue weighted by Gasteiger charge is -2.12. The summed E-state index contributed by atoms with van der Waals surface area (Å²) in [5.41, 5.74) is 0.664. The van der Waals surface area contributed by atoms with E-state index in [2.05, 4.69) is 5.32 Å². The molecule has 0 atom stereocenters. The van der Waals surface area contributed by atoms with Crippen LogP contribution in [0, 0.1) is 0 Å². The molecule has 23 heavy (non-hydrogen) atoms. The van der Waals surface area contributed by atoms with Crippen LogP contribution in [-0.4, -0.2) is 26.2 Å². The van der Waals surface area contributed by atoms with Crippen LogP contribution in [0.2, 0.25) is 0 Å². The number of ether oxygens (including phenoxy) is 3. The van der Waals surface area contributed by atoms with Gasteiger partial charge in [0.1, 0.15) is 5.75 Å². The molecule has 0 fully saturated rings. The molecule has 0 unspecified atom stereocenters. The number of hydrogen-bond donors (Lipinski definition) is 1. The van der Waals surface area contributed by atoms with Gasteiger partial charge in [-0.15, -0.1) is 0 Å². The lowest BCUT2D eigenvalue weighted by atomic mass is 10.3. The first kappa shape index (κ1) is 16.7. The molecule has 122 valence electrons. The monoisotopic (exact) mass is 315 g/mol. The quantitative estimate of drug-likeness (QED) is 0.810. The highest BCUT2D eigenvalue weighted by molar-refractivity contribution is 5.92. The maximum absolute atomic E-state index is 12.0. The second-order valence-corrected chi connectivity index (χ2v) is 4.73. The Labute approximate surface area is 136 Å². The summed E-state index contributed by atoms with van der Waals surface area (Å²) in [7, 11) is 1.58. The fourth-order valence-electron chi connectivity index (χ4n) is 2.06. The Morgan fingerprint density at radius 1 is 0.957 bits per heavy atom. The molecule has 5 heteroatoms. The molecule has 0 aliphatic rings. The molecule has 5 nitrogen and oxygen atoms in total. The maximum Gasteiger partial charge on any atom is 0.227 e. The zero-order valence-electron chi connectivity index (χ0n) is 13.4. The standard InChI is InChI=1S/C18H21NO4/c1-3-22-15-9-5-4-8-14(15)19-18(20)12-13-23-17-11-7-6-10-16(17)21-2/h4-11H,3,12-13H2,1-2H3,(H,19,20). The van der Waals surface area contributed by atoms with Crippen LogP contribution in [0.5, 0.6) is 17.2 Å². The molecule has 0 aliphatic heterocycles. The predicted molar refractivity (Wildman–Crippen MR) is 89.3 cm³/mol. The third-order valence-electron chi connectivity index (χ3n) is 3.12. The summed E-state index contributed by atoms with van der Waals surface area (Å²) in [6.07, 6.45) is 0.235. The first-order valence-corrected chi connectivity index (χ1v) is 7.52. The van der Waals surface area contributed by atoms with Crippen molar-refractivity contribution in [1.82, 2.24) is 0 Å². The van der Waals surface area contributed by atoms with Crippen molar-refractivity contribution >= 4 is 11.6 Å². The Morgan fingerprint density at radius 3 is 2.30 bits per heavy atom. The van der Waals surface area contributed by atoms with E-state index >= 15 is 0 Å². The van der Waals surface area contributed by atoms with Crippen LogP contribution >= 0.6 is 0 Å². The molecule has 0 spiro atoms. The van der Waals surface area contributed by atoms with Crippen LogP contribution in [-0.2, 0) is 4.79 Å². The molecule has 0 aromatic heterocycles. The largest absolute Gasteiger partial charge is 0.493 e.